The molecule has 2 unspecified atom stereocenters. The molecule has 2 aliphatic rings. The average Bonchev–Trinajstić information content (AvgIpc) is 3.22. The number of hydrogen-bond acceptors (Lipinski definition) is 9. The first-order valence-corrected chi connectivity index (χ1v) is 17.7. The van der Waals surface area contributed by atoms with Gasteiger partial charge in [0.25, 0.3) is 0 Å². The van der Waals surface area contributed by atoms with Crippen molar-refractivity contribution in [3.05, 3.63) is 166 Å². The summed E-state index contributed by atoms with van der Waals surface area (Å²) in [6, 6.07) is 41.8. The summed E-state index contributed by atoms with van der Waals surface area (Å²) in [4.78, 5) is 10.9. The highest BCUT2D eigenvalue weighted by Crippen LogP contribution is 2.41. The first-order valence-electron chi connectivity index (χ1n) is 17.7. The lowest BCUT2D eigenvalue weighted by Gasteiger charge is -2.26. The zero-order valence-corrected chi connectivity index (χ0v) is 31.2. The molecular weight excluding hydrogens is 720 g/mol. The molecule has 55 heavy (non-hydrogen) atoms. The summed E-state index contributed by atoms with van der Waals surface area (Å²) < 4.78 is 34.3. The number of nitrogen functional groups attached to an aromatic ring is 1. The smallest absolute Gasteiger partial charge is 0.315 e. The summed E-state index contributed by atoms with van der Waals surface area (Å²) in [5.74, 6) is 4.92. The Morgan fingerprint density at radius 3 is 1.53 bits per heavy atom. The van der Waals surface area contributed by atoms with E-state index in [0.717, 1.165) is 59.6 Å². The van der Waals surface area contributed by atoms with Crippen molar-refractivity contribution in [1.82, 2.24) is 0 Å². The van der Waals surface area contributed by atoms with E-state index in [4.69, 9.17) is 34.2 Å². The van der Waals surface area contributed by atoms with Crippen LogP contribution in [-0.2, 0) is 12.8 Å². The molecule has 2 heterocycles. The van der Waals surface area contributed by atoms with Crippen LogP contribution in [0.3, 0.4) is 0 Å². The van der Waals surface area contributed by atoms with Gasteiger partial charge < -0.3 is 34.2 Å². The molecule has 0 spiro atoms. The number of hydrogen-bond donors (Lipinski definition) is 1. The highest BCUT2D eigenvalue weighted by molar-refractivity contribution is 5.85. The Morgan fingerprint density at radius 1 is 0.600 bits per heavy atom. The summed E-state index contributed by atoms with van der Waals surface area (Å²) >= 11 is 0. The van der Waals surface area contributed by atoms with Crippen molar-refractivity contribution in [2.24, 2.45) is 0 Å². The average molecular weight is 761 g/mol. The summed E-state index contributed by atoms with van der Waals surface area (Å²) in [5, 5.41) is 11.3. The number of rotatable bonds is 9. The topological polar surface area (TPSA) is 125 Å². The maximum atomic E-state index is 11.3. The van der Waals surface area contributed by atoms with Crippen molar-refractivity contribution in [2.75, 3.05) is 20.0 Å². The van der Waals surface area contributed by atoms with Gasteiger partial charge in [0.05, 0.1) is 30.9 Å². The van der Waals surface area contributed by atoms with Gasteiger partial charge >= 0.3 is 5.69 Å². The molecule has 2 atom stereocenters. The lowest BCUT2D eigenvalue weighted by molar-refractivity contribution is -0.385. The van der Waals surface area contributed by atoms with Gasteiger partial charge in [-0.25, -0.2) is 0 Å². The summed E-state index contributed by atoms with van der Waals surface area (Å²) in [5.41, 5.74) is 11.0. The van der Waals surface area contributed by atoms with E-state index in [9.17, 15) is 10.1 Å². The Morgan fingerprint density at radius 2 is 1.05 bits per heavy atom. The Balaban J connectivity index is 0.000000184. The van der Waals surface area contributed by atoms with E-state index in [1.165, 1.54) is 18.7 Å². The maximum absolute atomic E-state index is 11.3. The van der Waals surface area contributed by atoms with Gasteiger partial charge in [-0.15, -0.1) is 12.4 Å². The Labute approximate surface area is 325 Å². The van der Waals surface area contributed by atoms with Gasteiger partial charge in [-0.2, -0.15) is 0 Å². The van der Waals surface area contributed by atoms with Crippen molar-refractivity contribution >= 4 is 23.8 Å². The van der Waals surface area contributed by atoms with Crippen LogP contribution in [0.1, 0.15) is 47.3 Å². The van der Waals surface area contributed by atoms with Gasteiger partial charge in [0, 0.05) is 6.07 Å². The minimum atomic E-state index is -0.482. The molecule has 2 aliphatic heterocycles. The minimum Gasteiger partial charge on any atom is -0.497 e. The normalized spacial score (nSPS) is 15.2. The van der Waals surface area contributed by atoms with Gasteiger partial charge in [0.15, 0.2) is 5.75 Å². The number of nitrogens with two attached hydrogens (primary N) is 1. The number of aryl methyl sites for hydroxylation is 2. The molecule has 6 aromatic carbocycles. The molecule has 6 aromatic rings. The molecule has 282 valence electrons. The third-order valence-electron chi connectivity index (χ3n) is 9.33. The lowest BCUT2D eigenvalue weighted by Crippen LogP contribution is -2.15. The molecule has 0 saturated carbocycles. The van der Waals surface area contributed by atoms with Gasteiger partial charge in [0.2, 0.25) is 5.75 Å². The van der Waals surface area contributed by atoms with Gasteiger partial charge in [-0.3, -0.25) is 10.1 Å². The number of nitro groups is 1. The van der Waals surface area contributed by atoms with E-state index in [1.54, 1.807) is 31.4 Å². The molecule has 0 bridgehead atoms. The van der Waals surface area contributed by atoms with E-state index >= 15 is 0 Å². The van der Waals surface area contributed by atoms with Crippen molar-refractivity contribution in [1.29, 1.82) is 0 Å². The van der Waals surface area contributed by atoms with Crippen LogP contribution in [0.15, 0.2) is 133 Å². The predicted molar refractivity (Wildman–Crippen MR) is 214 cm³/mol. The zero-order valence-electron chi connectivity index (χ0n) is 30.4. The second-order valence-corrected chi connectivity index (χ2v) is 12.8. The fourth-order valence-electron chi connectivity index (χ4n) is 6.52. The molecule has 0 fully saturated rings. The number of benzene rings is 6. The SMILES string of the molecule is COc1ccc(Oc2ccc3c(c2)CCC(c2ccccc2)O3)c(N)c1.COc1ccc(Oc2ccc3c(c2)CCC(c2ccccc2)O3)c([N+](=O)[O-])c1.Cl. The molecule has 11 heteroatoms. The predicted octanol–water partition coefficient (Wildman–Crippen LogP) is 11.0. The van der Waals surface area contributed by atoms with Gasteiger partial charge in [-0.05, 0) is 109 Å². The van der Waals surface area contributed by atoms with Crippen LogP contribution in [0.2, 0.25) is 0 Å². The number of fused-ring (bicyclic) bond motifs is 2. The maximum Gasteiger partial charge on any atom is 0.315 e. The molecule has 8 rings (SSSR count). The molecule has 0 amide bonds. The van der Waals surface area contributed by atoms with Gasteiger partial charge in [0.1, 0.15) is 46.7 Å². The van der Waals surface area contributed by atoms with Crippen LogP contribution in [-0.4, -0.2) is 19.1 Å². The van der Waals surface area contributed by atoms with Crippen molar-refractivity contribution < 1.29 is 33.3 Å². The minimum absolute atomic E-state index is 0. The van der Waals surface area contributed by atoms with E-state index in [0.29, 0.717) is 28.7 Å². The highest BCUT2D eigenvalue weighted by atomic mass is 35.5. The molecule has 10 nitrogen and oxygen atoms in total. The van der Waals surface area contributed by atoms with Crippen molar-refractivity contribution in [2.45, 2.75) is 37.9 Å². The number of halogens is 1. The van der Waals surface area contributed by atoms with Gasteiger partial charge in [-0.1, -0.05) is 60.7 Å². The number of nitro benzene ring substituents is 1. The quantitative estimate of drug-likeness (QED) is 0.0871. The zero-order chi connectivity index (χ0) is 37.4. The van der Waals surface area contributed by atoms with Crippen LogP contribution in [0.4, 0.5) is 11.4 Å². The lowest BCUT2D eigenvalue weighted by atomic mass is 9.97. The molecular formula is C44H41ClN2O8. The van der Waals surface area contributed by atoms with E-state index in [2.05, 4.69) is 24.3 Å². The van der Waals surface area contributed by atoms with Crippen molar-refractivity contribution in [3.63, 3.8) is 0 Å². The fraction of sp³-hybridized carbons (Fsp3) is 0.182. The Kier molecular flexibility index (Phi) is 12.3. The second-order valence-electron chi connectivity index (χ2n) is 12.8. The summed E-state index contributed by atoms with van der Waals surface area (Å²) in [7, 11) is 3.08. The van der Waals surface area contributed by atoms with Crippen LogP contribution in [0, 0.1) is 10.1 Å². The third kappa shape index (κ3) is 9.23. The van der Waals surface area contributed by atoms with Crippen LogP contribution >= 0.6 is 12.4 Å². The first kappa shape index (κ1) is 38.3. The number of nitrogens with zero attached hydrogens (tertiary/aromatic N) is 1. The second kappa shape index (κ2) is 17.6. The third-order valence-corrected chi connectivity index (χ3v) is 9.33. The molecule has 2 N–H and O–H groups in total. The molecule has 0 aliphatic carbocycles. The molecule has 0 saturated heterocycles. The number of anilines is 1. The van der Waals surface area contributed by atoms with E-state index in [1.807, 2.05) is 78.9 Å². The summed E-state index contributed by atoms with van der Waals surface area (Å²) in [6.07, 6.45) is 3.74. The fourth-order valence-corrected chi connectivity index (χ4v) is 6.52. The number of methoxy groups -OCH3 is 2. The van der Waals surface area contributed by atoms with E-state index in [-0.39, 0.29) is 36.1 Å². The highest BCUT2D eigenvalue weighted by Gasteiger charge is 2.24. The first-order chi connectivity index (χ1) is 26.4. The number of ether oxygens (including phenoxy) is 6. The monoisotopic (exact) mass is 760 g/mol. The standard InChI is InChI=1S/C22H19NO5.C22H21NO3.ClH/c1-26-17-8-12-22(19(14-17)23(24)25)27-18-9-11-21-16(13-18)7-10-20(28-21)15-5-3-2-4-6-15;1-24-17-8-12-22(19(23)14-17)25-18-9-11-21-16(13-18)7-10-20(26-21)15-5-3-2-4-6-15;/h2-6,8-9,11-14,20H,7,10H2,1H3;2-6,8-9,11-14,20H,7,10,23H2,1H3;1H. The van der Waals surface area contributed by atoms with Crippen LogP contribution < -0.4 is 34.2 Å². The molecule has 0 aromatic heterocycles. The van der Waals surface area contributed by atoms with Crippen LogP contribution in [0.5, 0.6) is 46.0 Å². The Hall–Kier alpha value is -6.39. The molecule has 0 radical (unpaired) electrons. The Bertz CT molecular complexity index is 2240. The van der Waals surface area contributed by atoms with E-state index < -0.39 is 4.92 Å². The summed E-state index contributed by atoms with van der Waals surface area (Å²) in [6.45, 7) is 0. The van der Waals surface area contributed by atoms with Crippen LogP contribution in [0.25, 0.3) is 0 Å². The van der Waals surface area contributed by atoms with Crippen molar-refractivity contribution in [3.8, 4) is 46.0 Å². The largest absolute Gasteiger partial charge is 0.497 e.